The van der Waals surface area contributed by atoms with Gasteiger partial charge in [-0.25, -0.2) is 0 Å². The van der Waals surface area contributed by atoms with Gasteiger partial charge in [0.1, 0.15) is 0 Å². The lowest BCUT2D eigenvalue weighted by Gasteiger charge is -2.36. The molecule has 0 aromatic carbocycles. The van der Waals surface area contributed by atoms with Crippen LogP contribution in [0.2, 0.25) is 0 Å². The first-order valence-electron chi connectivity index (χ1n) is 9.82. The molecule has 3 atom stereocenters. The van der Waals surface area contributed by atoms with Crippen molar-refractivity contribution in [1.29, 1.82) is 0 Å². The number of aromatic nitrogens is 1. The number of fused-ring (bicyclic) bond motifs is 1. The van der Waals surface area contributed by atoms with Gasteiger partial charge in [-0.3, -0.25) is 9.88 Å². The second kappa shape index (κ2) is 8.58. The SMILES string of the molecule is c1cncc(CN2CC[C@@H]3O[C@H](COCC4CCOCC4)CC[C@@H]32)c1. The second-order valence-corrected chi connectivity index (χ2v) is 7.65. The summed E-state index contributed by atoms with van der Waals surface area (Å²) in [5.41, 5.74) is 1.30. The largest absolute Gasteiger partial charge is 0.381 e. The summed E-state index contributed by atoms with van der Waals surface area (Å²) in [6, 6.07) is 4.75. The third-order valence-electron chi connectivity index (χ3n) is 5.86. The van der Waals surface area contributed by atoms with Crippen LogP contribution in [0.5, 0.6) is 0 Å². The van der Waals surface area contributed by atoms with Crippen LogP contribution in [0.1, 0.15) is 37.7 Å². The van der Waals surface area contributed by atoms with Gasteiger partial charge in [-0.05, 0) is 49.7 Å². The van der Waals surface area contributed by atoms with Crippen LogP contribution < -0.4 is 0 Å². The topological polar surface area (TPSA) is 43.8 Å². The molecule has 3 fully saturated rings. The zero-order valence-corrected chi connectivity index (χ0v) is 15.0. The number of pyridine rings is 1. The van der Waals surface area contributed by atoms with Gasteiger partial charge in [-0.15, -0.1) is 0 Å². The minimum absolute atomic E-state index is 0.277. The molecule has 4 rings (SSSR count). The lowest BCUT2D eigenvalue weighted by molar-refractivity contribution is -0.105. The molecule has 1 aromatic rings. The summed E-state index contributed by atoms with van der Waals surface area (Å²) in [6.07, 6.45) is 10.2. The molecular formula is C20H30N2O3. The number of hydrogen-bond donors (Lipinski definition) is 0. The maximum atomic E-state index is 6.36. The Hall–Kier alpha value is -1.01. The molecule has 3 saturated heterocycles. The van der Waals surface area contributed by atoms with E-state index in [1.165, 1.54) is 12.0 Å². The molecule has 25 heavy (non-hydrogen) atoms. The fraction of sp³-hybridized carbons (Fsp3) is 0.750. The molecule has 0 spiro atoms. The molecule has 0 aliphatic carbocycles. The third-order valence-corrected chi connectivity index (χ3v) is 5.86. The van der Waals surface area contributed by atoms with Crippen LogP contribution in [-0.2, 0) is 20.8 Å². The van der Waals surface area contributed by atoms with Gasteiger partial charge in [0, 0.05) is 51.3 Å². The van der Waals surface area contributed by atoms with Crippen LogP contribution >= 0.6 is 0 Å². The third kappa shape index (κ3) is 4.59. The Balaban J connectivity index is 1.20. The van der Waals surface area contributed by atoms with E-state index in [2.05, 4.69) is 16.0 Å². The first-order valence-corrected chi connectivity index (χ1v) is 9.82. The van der Waals surface area contributed by atoms with E-state index in [0.717, 1.165) is 65.2 Å². The van der Waals surface area contributed by atoms with Crippen LogP contribution in [0.25, 0.3) is 0 Å². The van der Waals surface area contributed by atoms with E-state index < -0.39 is 0 Å². The summed E-state index contributed by atoms with van der Waals surface area (Å²) in [5.74, 6) is 0.673. The first-order chi connectivity index (χ1) is 12.4. The van der Waals surface area contributed by atoms with Gasteiger partial charge < -0.3 is 14.2 Å². The predicted molar refractivity (Wildman–Crippen MR) is 95.3 cm³/mol. The van der Waals surface area contributed by atoms with Crippen molar-refractivity contribution >= 4 is 0 Å². The molecule has 3 aliphatic rings. The summed E-state index contributed by atoms with van der Waals surface area (Å²) in [5, 5.41) is 0. The normalized spacial score (nSPS) is 31.1. The Morgan fingerprint density at radius 3 is 2.88 bits per heavy atom. The summed E-state index contributed by atoms with van der Waals surface area (Å²) in [6.45, 7) is 5.52. The van der Waals surface area contributed by atoms with Gasteiger partial charge in [0.05, 0.1) is 18.8 Å². The van der Waals surface area contributed by atoms with Gasteiger partial charge >= 0.3 is 0 Å². The molecule has 1 aromatic heterocycles. The smallest absolute Gasteiger partial charge is 0.0813 e. The fourth-order valence-corrected chi connectivity index (χ4v) is 4.41. The maximum Gasteiger partial charge on any atom is 0.0813 e. The van der Waals surface area contributed by atoms with Gasteiger partial charge in [-0.1, -0.05) is 6.07 Å². The Morgan fingerprint density at radius 1 is 1.12 bits per heavy atom. The van der Waals surface area contributed by atoms with Crippen molar-refractivity contribution in [1.82, 2.24) is 9.88 Å². The molecule has 5 heteroatoms. The summed E-state index contributed by atoms with van der Waals surface area (Å²) >= 11 is 0. The molecule has 3 aliphatic heterocycles. The van der Waals surface area contributed by atoms with Crippen LogP contribution in [0.3, 0.4) is 0 Å². The standard InChI is InChI=1S/C20H30N2O3/c1-2-17(12-21-8-1)13-22-9-5-20-19(22)4-3-18(25-20)15-24-14-16-6-10-23-11-7-16/h1-2,8,12,16,18-20H,3-7,9-11,13-15H2/t18-,19-,20-/m0/s1. The molecule has 0 N–H and O–H groups in total. The first kappa shape index (κ1) is 17.4. The Labute approximate surface area is 150 Å². The van der Waals surface area contributed by atoms with Crippen LogP contribution in [-0.4, -0.2) is 61.1 Å². The van der Waals surface area contributed by atoms with Crippen molar-refractivity contribution < 1.29 is 14.2 Å². The molecule has 0 saturated carbocycles. The summed E-state index contributed by atoms with van der Waals surface area (Å²) in [4.78, 5) is 6.80. The lowest BCUT2D eigenvalue weighted by atomic mass is 9.99. The van der Waals surface area contributed by atoms with Crippen molar-refractivity contribution in [2.45, 2.75) is 56.9 Å². The van der Waals surface area contributed by atoms with Gasteiger partial charge in [0.25, 0.3) is 0 Å². The van der Waals surface area contributed by atoms with E-state index in [-0.39, 0.29) is 6.10 Å². The zero-order valence-electron chi connectivity index (χ0n) is 15.0. The predicted octanol–water partition coefficient (Wildman–Crippen LogP) is 2.65. The molecule has 0 bridgehead atoms. The van der Waals surface area contributed by atoms with Crippen molar-refractivity contribution in [3.63, 3.8) is 0 Å². The highest BCUT2D eigenvalue weighted by atomic mass is 16.5. The monoisotopic (exact) mass is 346 g/mol. The van der Waals surface area contributed by atoms with Crippen molar-refractivity contribution in [3.05, 3.63) is 30.1 Å². The number of ether oxygens (including phenoxy) is 3. The quantitative estimate of drug-likeness (QED) is 0.792. The molecule has 5 nitrogen and oxygen atoms in total. The van der Waals surface area contributed by atoms with E-state index in [0.29, 0.717) is 18.1 Å². The average molecular weight is 346 g/mol. The van der Waals surface area contributed by atoms with E-state index in [9.17, 15) is 0 Å². The van der Waals surface area contributed by atoms with Crippen LogP contribution in [0.4, 0.5) is 0 Å². The number of rotatable bonds is 6. The summed E-state index contributed by atoms with van der Waals surface area (Å²) in [7, 11) is 0. The Kier molecular flexibility index (Phi) is 5.98. The van der Waals surface area contributed by atoms with Gasteiger partial charge in [0.2, 0.25) is 0 Å². The summed E-state index contributed by atoms with van der Waals surface area (Å²) < 4.78 is 17.7. The van der Waals surface area contributed by atoms with Crippen molar-refractivity contribution in [2.24, 2.45) is 5.92 Å². The van der Waals surface area contributed by atoms with Crippen molar-refractivity contribution in [2.75, 3.05) is 33.0 Å². The lowest BCUT2D eigenvalue weighted by Crippen LogP contribution is -2.43. The number of hydrogen-bond acceptors (Lipinski definition) is 5. The van der Waals surface area contributed by atoms with Crippen LogP contribution in [0.15, 0.2) is 24.5 Å². The highest BCUT2D eigenvalue weighted by Crippen LogP contribution is 2.32. The van der Waals surface area contributed by atoms with E-state index in [1.807, 2.05) is 18.5 Å². The Bertz CT molecular complexity index is 521. The molecule has 0 radical (unpaired) electrons. The highest BCUT2D eigenvalue weighted by molar-refractivity contribution is 5.09. The molecule has 0 amide bonds. The minimum atomic E-state index is 0.277. The molecule has 138 valence electrons. The van der Waals surface area contributed by atoms with E-state index >= 15 is 0 Å². The van der Waals surface area contributed by atoms with E-state index in [4.69, 9.17) is 14.2 Å². The second-order valence-electron chi connectivity index (χ2n) is 7.65. The zero-order chi connectivity index (χ0) is 16.9. The molecule has 4 heterocycles. The number of nitrogens with zero attached hydrogens (tertiary/aromatic N) is 2. The maximum absolute atomic E-state index is 6.36. The number of likely N-dealkylation sites (tertiary alicyclic amines) is 1. The van der Waals surface area contributed by atoms with Gasteiger partial charge in [-0.2, -0.15) is 0 Å². The van der Waals surface area contributed by atoms with Crippen LogP contribution in [0, 0.1) is 5.92 Å². The van der Waals surface area contributed by atoms with Crippen molar-refractivity contribution in [3.8, 4) is 0 Å². The average Bonchev–Trinajstić information content (AvgIpc) is 3.06. The molecular weight excluding hydrogens is 316 g/mol. The van der Waals surface area contributed by atoms with E-state index in [1.54, 1.807) is 0 Å². The van der Waals surface area contributed by atoms with Gasteiger partial charge in [0.15, 0.2) is 0 Å². The fourth-order valence-electron chi connectivity index (χ4n) is 4.41. The minimum Gasteiger partial charge on any atom is -0.381 e. The highest BCUT2D eigenvalue weighted by Gasteiger charge is 2.39. The molecule has 0 unspecified atom stereocenters. The Morgan fingerprint density at radius 2 is 2.04 bits per heavy atom.